The van der Waals surface area contributed by atoms with Gasteiger partial charge in [-0.15, -0.1) is 18.3 Å². The van der Waals surface area contributed by atoms with Crippen LogP contribution in [0, 0.1) is 0 Å². The van der Waals surface area contributed by atoms with Gasteiger partial charge >= 0.3 is 11.9 Å². The maximum Gasteiger partial charge on any atom is 0.331 e. The van der Waals surface area contributed by atoms with Crippen LogP contribution in [0.3, 0.4) is 0 Å². The Morgan fingerprint density at radius 2 is 2.00 bits per heavy atom. The molecule has 0 aromatic heterocycles. The molecule has 0 heterocycles. The Morgan fingerprint density at radius 1 is 1.29 bits per heavy atom. The third-order valence-corrected chi connectivity index (χ3v) is 3.83. The van der Waals surface area contributed by atoms with E-state index in [1.807, 2.05) is 36.4 Å². The third kappa shape index (κ3) is 7.99. The van der Waals surface area contributed by atoms with E-state index in [0.29, 0.717) is 6.42 Å². The quantitative estimate of drug-likeness (QED) is 0.328. The topological polar surface area (TPSA) is 63.6 Å². The van der Waals surface area contributed by atoms with Gasteiger partial charge in [-0.05, 0) is 25.0 Å². The van der Waals surface area contributed by atoms with Gasteiger partial charge in [0, 0.05) is 22.3 Å². The summed E-state index contributed by atoms with van der Waals surface area (Å²) in [7, 11) is 0. The summed E-state index contributed by atoms with van der Waals surface area (Å²) in [5.74, 6) is -1.81. The number of allylic oxidation sites excluding steroid dienone is 1. The molecular formula is C16H18O4S. The van der Waals surface area contributed by atoms with Crippen molar-refractivity contribution < 1.29 is 19.4 Å². The first-order valence-corrected chi connectivity index (χ1v) is 7.40. The molecule has 0 aliphatic rings. The summed E-state index contributed by atoms with van der Waals surface area (Å²) in [5.41, 5.74) is 0. The minimum absolute atomic E-state index is 0.251. The normalized spacial score (nSPS) is 12.0. The van der Waals surface area contributed by atoms with Gasteiger partial charge in [-0.1, -0.05) is 24.3 Å². The van der Waals surface area contributed by atoms with Gasteiger partial charge in [0.2, 0.25) is 0 Å². The number of esters is 1. The molecule has 0 radical (unpaired) electrons. The summed E-state index contributed by atoms with van der Waals surface area (Å²) in [6.45, 7) is 3.99. The van der Waals surface area contributed by atoms with Crippen molar-refractivity contribution in [1.82, 2.24) is 0 Å². The molecule has 0 saturated heterocycles. The molecule has 1 aromatic carbocycles. The summed E-state index contributed by atoms with van der Waals surface area (Å²) in [4.78, 5) is 22.7. The smallest absolute Gasteiger partial charge is 0.331 e. The number of thioether (sulfide) groups is 1. The fraction of sp³-hybridized carbons (Fsp3) is 0.250. The highest BCUT2D eigenvalue weighted by atomic mass is 32.2. The molecule has 1 N–H and O–H groups in total. The third-order valence-electron chi connectivity index (χ3n) is 2.52. The van der Waals surface area contributed by atoms with Gasteiger partial charge in [0.05, 0.1) is 6.61 Å². The Hall–Kier alpha value is -2.01. The first-order chi connectivity index (χ1) is 10.1. The van der Waals surface area contributed by atoms with Crippen molar-refractivity contribution in [2.45, 2.75) is 23.0 Å². The van der Waals surface area contributed by atoms with Gasteiger partial charge in [-0.2, -0.15) is 0 Å². The zero-order valence-corrected chi connectivity index (χ0v) is 12.4. The molecular weight excluding hydrogens is 288 g/mol. The number of hydrogen-bond acceptors (Lipinski definition) is 4. The molecule has 0 amide bonds. The Balaban J connectivity index is 2.39. The number of ether oxygens (including phenoxy) is 1. The highest BCUT2D eigenvalue weighted by Gasteiger charge is 2.10. The van der Waals surface area contributed by atoms with E-state index in [2.05, 4.69) is 6.58 Å². The Labute approximate surface area is 128 Å². The molecule has 112 valence electrons. The maximum absolute atomic E-state index is 11.2. The minimum Gasteiger partial charge on any atom is -0.478 e. The molecule has 0 spiro atoms. The van der Waals surface area contributed by atoms with Crippen LogP contribution >= 0.6 is 11.8 Å². The average molecular weight is 306 g/mol. The second-order valence-corrected chi connectivity index (χ2v) is 5.58. The lowest BCUT2D eigenvalue weighted by atomic mass is 10.2. The number of carbonyl (C=O) groups excluding carboxylic acids is 1. The molecule has 0 bridgehead atoms. The first kappa shape index (κ1) is 17.0. The first-order valence-electron chi connectivity index (χ1n) is 6.52. The Morgan fingerprint density at radius 3 is 2.62 bits per heavy atom. The molecule has 21 heavy (non-hydrogen) atoms. The molecule has 1 unspecified atom stereocenters. The predicted molar refractivity (Wildman–Crippen MR) is 83.3 cm³/mol. The molecule has 4 nitrogen and oxygen atoms in total. The van der Waals surface area contributed by atoms with Crippen molar-refractivity contribution in [3.63, 3.8) is 0 Å². The van der Waals surface area contributed by atoms with E-state index in [4.69, 9.17) is 9.84 Å². The number of aliphatic carboxylic acids is 1. The van der Waals surface area contributed by atoms with Gasteiger partial charge in [-0.25, -0.2) is 9.59 Å². The summed E-state index contributed by atoms with van der Waals surface area (Å²) in [5, 5.41) is 8.67. The summed E-state index contributed by atoms with van der Waals surface area (Å²) < 4.78 is 4.97. The van der Waals surface area contributed by atoms with Crippen molar-refractivity contribution in [1.29, 1.82) is 0 Å². The molecule has 0 saturated carbocycles. The van der Waals surface area contributed by atoms with E-state index >= 15 is 0 Å². The zero-order chi connectivity index (χ0) is 15.5. The van der Waals surface area contributed by atoms with Crippen LogP contribution in [0.5, 0.6) is 0 Å². The van der Waals surface area contributed by atoms with E-state index in [1.54, 1.807) is 11.8 Å². The van der Waals surface area contributed by atoms with Crippen molar-refractivity contribution >= 4 is 23.7 Å². The second-order valence-electron chi connectivity index (χ2n) is 4.21. The molecule has 0 aliphatic heterocycles. The largest absolute Gasteiger partial charge is 0.478 e. The fourth-order valence-electron chi connectivity index (χ4n) is 1.58. The van der Waals surface area contributed by atoms with Crippen LogP contribution in [-0.2, 0) is 14.3 Å². The maximum atomic E-state index is 11.2. The van der Waals surface area contributed by atoms with Crippen LogP contribution < -0.4 is 0 Å². The Bertz CT molecular complexity index is 496. The average Bonchev–Trinajstić information content (AvgIpc) is 2.46. The van der Waals surface area contributed by atoms with E-state index in [9.17, 15) is 9.59 Å². The number of carboxylic acids is 1. The molecule has 0 fully saturated rings. The highest BCUT2D eigenvalue weighted by Crippen LogP contribution is 2.27. The van der Waals surface area contributed by atoms with Crippen LogP contribution in [0.1, 0.15) is 12.8 Å². The van der Waals surface area contributed by atoms with Gasteiger partial charge in [0.15, 0.2) is 0 Å². The van der Waals surface area contributed by atoms with Crippen molar-refractivity contribution in [2.75, 3.05) is 6.61 Å². The second kappa shape index (κ2) is 9.83. The highest BCUT2D eigenvalue weighted by molar-refractivity contribution is 8.00. The van der Waals surface area contributed by atoms with Gasteiger partial charge < -0.3 is 9.84 Å². The van der Waals surface area contributed by atoms with Crippen LogP contribution in [-0.4, -0.2) is 28.9 Å². The summed E-state index contributed by atoms with van der Waals surface area (Å²) in [6, 6.07) is 9.97. The SMILES string of the molecule is C=CCC(CCOC(=O)/C=C\C(=O)O)Sc1ccccc1. The van der Waals surface area contributed by atoms with Crippen molar-refractivity contribution in [2.24, 2.45) is 0 Å². The van der Waals surface area contributed by atoms with Gasteiger partial charge in [-0.3, -0.25) is 0 Å². The van der Waals surface area contributed by atoms with E-state index in [0.717, 1.165) is 23.5 Å². The fourth-order valence-corrected chi connectivity index (χ4v) is 2.73. The number of carboxylic acid groups (broad SMARTS) is 1. The monoisotopic (exact) mass is 306 g/mol. The molecule has 1 atom stereocenters. The van der Waals surface area contributed by atoms with Crippen molar-refractivity contribution in [3.05, 3.63) is 55.1 Å². The van der Waals surface area contributed by atoms with Crippen LogP contribution in [0.25, 0.3) is 0 Å². The van der Waals surface area contributed by atoms with Gasteiger partial charge in [0.25, 0.3) is 0 Å². The van der Waals surface area contributed by atoms with Crippen LogP contribution in [0.15, 0.2) is 60.0 Å². The standard InChI is InChI=1S/C16H18O4S/c1-2-6-13(21-14-7-4-3-5-8-14)11-12-20-16(19)10-9-15(17)18/h2-5,7-10,13H,1,6,11-12H2,(H,17,18)/b10-9-. The van der Waals surface area contributed by atoms with Crippen molar-refractivity contribution in [3.8, 4) is 0 Å². The van der Waals surface area contributed by atoms with E-state index in [1.165, 1.54) is 0 Å². The minimum atomic E-state index is -1.17. The van der Waals surface area contributed by atoms with Gasteiger partial charge in [0.1, 0.15) is 0 Å². The zero-order valence-electron chi connectivity index (χ0n) is 11.6. The summed E-state index contributed by atoms with van der Waals surface area (Å²) in [6.07, 6.45) is 5.00. The lowest BCUT2D eigenvalue weighted by Crippen LogP contribution is -2.10. The lowest BCUT2D eigenvalue weighted by molar-refractivity contribution is -0.138. The van der Waals surface area contributed by atoms with E-state index in [-0.39, 0.29) is 11.9 Å². The summed E-state index contributed by atoms with van der Waals surface area (Å²) >= 11 is 1.71. The lowest BCUT2D eigenvalue weighted by Gasteiger charge is -2.14. The Kier molecular flexibility index (Phi) is 7.97. The number of hydrogen-bond donors (Lipinski definition) is 1. The molecule has 1 rings (SSSR count). The number of carbonyl (C=O) groups is 2. The number of rotatable bonds is 9. The molecule has 5 heteroatoms. The molecule has 0 aliphatic carbocycles. The predicted octanol–water partition coefficient (Wildman–Crippen LogP) is 3.30. The van der Waals surface area contributed by atoms with Crippen LogP contribution in [0.2, 0.25) is 0 Å². The number of benzene rings is 1. The van der Waals surface area contributed by atoms with E-state index < -0.39 is 11.9 Å². The molecule has 1 aromatic rings. The van der Waals surface area contributed by atoms with Crippen LogP contribution in [0.4, 0.5) is 0 Å².